The van der Waals surface area contributed by atoms with Crippen molar-refractivity contribution in [2.75, 3.05) is 0 Å². The highest BCUT2D eigenvalue weighted by Crippen LogP contribution is 2.28. The second-order valence-corrected chi connectivity index (χ2v) is 3.87. The third-order valence-corrected chi connectivity index (χ3v) is 3.20. The topological polar surface area (TPSA) is 26.0 Å². The van der Waals surface area contributed by atoms with Crippen LogP contribution in [0.15, 0.2) is 24.3 Å². The van der Waals surface area contributed by atoms with Gasteiger partial charge in [0.05, 0.1) is 0 Å². The molecule has 0 aromatic heterocycles. The monoisotopic (exact) mass is 227 g/mol. The van der Waals surface area contributed by atoms with Gasteiger partial charge >= 0.3 is 0 Å². The van der Waals surface area contributed by atoms with Crippen LogP contribution in [0.25, 0.3) is 0 Å². The molecule has 0 atom stereocenters. The highest BCUT2D eigenvalue weighted by molar-refractivity contribution is 5.85. The van der Waals surface area contributed by atoms with Crippen molar-refractivity contribution < 1.29 is 0 Å². The maximum Gasteiger partial charge on any atom is 0.0407 e. The van der Waals surface area contributed by atoms with Gasteiger partial charge in [0.2, 0.25) is 0 Å². The van der Waals surface area contributed by atoms with E-state index in [1.807, 2.05) is 0 Å². The lowest BCUT2D eigenvalue weighted by molar-refractivity contribution is 0.409. The van der Waals surface area contributed by atoms with Gasteiger partial charge in [0.25, 0.3) is 0 Å². The summed E-state index contributed by atoms with van der Waals surface area (Å²) in [6, 6.07) is 8.53. The molecule has 0 aliphatic heterocycles. The molecule has 0 saturated heterocycles. The highest BCUT2D eigenvalue weighted by Gasteiger charge is 2.24. The molecule has 15 heavy (non-hydrogen) atoms. The van der Waals surface area contributed by atoms with E-state index in [-0.39, 0.29) is 17.9 Å². The summed E-state index contributed by atoms with van der Waals surface area (Å²) in [5, 5.41) is 0. The molecule has 0 unspecified atom stereocenters. The van der Waals surface area contributed by atoms with Gasteiger partial charge in [0.15, 0.2) is 0 Å². The van der Waals surface area contributed by atoms with Crippen molar-refractivity contribution in [3.8, 4) is 0 Å². The number of hydrogen-bond acceptors (Lipinski definition) is 1. The number of halogens is 1. The lowest BCUT2D eigenvalue weighted by Gasteiger charge is -2.29. The van der Waals surface area contributed by atoms with Crippen LogP contribution in [0.2, 0.25) is 0 Å². The zero-order chi connectivity index (χ0) is 10.6. The Bertz CT molecular complexity index is 292. The number of nitrogens with two attached hydrogens (primary N) is 1. The molecule has 0 amide bonds. The summed E-state index contributed by atoms with van der Waals surface area (Å²) in [6.07, 6.45) is 3.07. The molecule has 0 spiro atoms. The van der Waals surface area contributed by atoms with Crippen LogP contribution in [-0.4, -0.2) is 0 Å². The molecular weight excluding hydrogens is 206 g/mol. The Morgan fingerprint density at radius 2 is 1.60 bits per heavy atom. The first-order chi connectivity index (χ1) is 6.68. The van der Waals surface area contributed by atoms with Gasteiger partial charge in [0.1, 0.15) is 0 Å². The van der Waals surface area contributed by atoms with Gasteiger partial charge in [-0.15, -0.1) is 12.4 Å². The molecule has 1 nitrogen and oxygen atoms in total. The quantitative estimate of drug-likeness (QED) is 0.835. The van der Waals surface area contributed by atoms with Crippen LogP contribution in [0, 0.1) is 0 Å². The zero-order valence-electron chi connectivity index (χ0n) is 9.92. The van der Waals surface area contributed by atoms with Crippen molar-refractivity contribution in [2.24, 2.45) is 5.73 Å². The van der Waals surface area contributed by atoms with Crippen LogP contribution < -0.4 is 5.73 Å². The Morgan fingerprint density at radius 1 is 1.07 bits per heavy atom. The summed E-state index contributed by atoms with van der Waals surface area (Å²) in [5.74, 6) is 0. The molecule has 2 heteroatoms. The molecule has 2 N–H and O–H groups in total. The number of aryl methyl sites for hydroxylation is 1. The lowest BCUT2D eigenvalue weighted by Crippen LogP contribution is -2.36. The van der Waals surface area contributed by atoms with E-state index in [1.165, 1.54) is 11.1 Å². The van der Waals surface area contributed by atoms with Crippen LogP contribution in [0.5, 0.6) is 0 Å². The van der Waals surface area contributed by atoms with Gasteiger partial charge in [-0.05, 0) is 30.4 Å². The van der Waals surface area contributed by atoms with Crippen molar-refractivity contribution in [2.45, 2.75) is 45.6 Å². The Labute approximate surface area is 99.5 Å². The fraction of sp³-hybridized carbons (Fsp3) is 0.538. The first kappa shape index (κ1) is 14.5. The molecule has 1 rings (SSSR count). The van der Waals surface area contributed by atoms with E-state index in [0.717, 1.165) is 19.3 Å². The smallest absolute Gasteiger partial charge is 0.0407 e. The van der Waals surface area contributed by atoms with E-state index in [4.69, 9.17) is 5.73 Å². The maximum atomic E-state index is 6.39. The Balaban J connectivity index is 0.00000196. The average molecular weight is 228 g/mol. The molecule has 0 heterocycles. The Kier molecular flexibility index (Phi) is 5.92. The zero-order valence-corrected chi connectivity index (χ0v) is 10.7. The maximum absolute atomic E-state index is 6.39. The number of rotatable bonds is 4. The van der Waals surface area contributed by atoms with Crippen LogP contribution in [0.3, 0.4) is 0 Å². The van der Waals surface area contributed by atoms with E-state index < -0.39 is 0 Å². The second-order valence-electron chi connectivity index (χ2n) is 3.87. The molecule has 0 aliphatic carbocycles. The number of hydrogen-bond donors (Lipinski definition) is 1. The van der Waals surface area contributed by atoms with E-state index in [9.17, 15) is 0 Å². The third-order valence-electron chi connectivity index (χ3n) is 3.20. The summed E-state index contributed by atoms with van der Waals surface area (Å²) in [4.78, 5) is 0. The molecule has 86 valence electrons. The van der Waals surface area contributed by atoms with Gasteiger partial charge in [-0.25, -0.2) is 0 Å². The summed E-state index contributed by atoms with van der Waals surface area (Å²) in [6.45, 7) is 6.51. The van der Waals surface area contributed by atoms with E-state index in [1.54, 1.807) is 0 Å². The lowest BCUT2D eigenvalue weighted by atomic mass is 9.82. The van der Waals surface area contributed by atoms with Crippen molar-refractivity contribution in [3.05, 3.63) is 35.4 Å². The first-order valence-electron chi connectivity index (χ1n) is 5.55. The summed E-state index contributed by atoms with van der Waals surface area (Å²) in [5.41, 5.74) is 8.98. The summed E-state index contributed by atoms with van der Waals surface area (Å²) in [7, 11) is 0. The molecule has 0 saturated carbocycles. The molecule has 0 aliphatic rings. The minimum atomic E-state index is -0.132. The molecule has 1 aromatic carbocycles. The van der Waals surface area contributed by atoms with E-state index in [0.29, 0.717) is 0 Å². The van der Waals surface area contributed by atoms with E-state index >= 15 is 0 Å². The van der Waals surface area contributed by atoms with Crippen molar-refractivity contribution in [3.63, 3.8) is 0 Å². The predicted molar refractivity (Wildman–Crippen MR) is 69.5 cm³/mol. The van der Waals surface area contributed by atoms with Crippen molar-refractivity contribution >= 4 is 12.4 Å². The molecule has 1 aromatic rings. The minimum absolute atomic E-state index is 0. The minimum Gasteiger partial charge on any atom is -0.321 e. The summed E-state index contributed by atoms with van der Waals surface area (Å²) < 4.78 is 0. The van der Waals surface area contributed by atoms with Crippen LogP contribution in [0.4, 0.5) is 0 Å². The largest absolute Gasteiger partial charge is 0.321 e. The van der Waals surface area contributed by atoms with Crippen molar-refractivity contribution in [1.82, 2.24) is 0 Å². The normalized spacial score (nSPS) is 10.9. The molecular formula is C13H22ClN. The fourth-order valence-electron chi connectivity index (χ4n) is 1.95. The molecule has 0 bridgehead atoms. The van der Waals surface area contributed by atoms with Crippen molar-refractivity contribution in [1.29, 1.82) is 0 Å². The fourth-order valence-corrected chi connectivity index (χ4v) is 1.95. The molecule has 0 fully saturated rings. The van der Waals surface area contributed by atoms with Gasteiger partial charge in [-0.2, -0.15) is 0 Å². The summed E-state index contributed by atoms with van der Waals surface area (Å²) >= 11 is 0. The second kappa shape index (κ2) is 6.14. The first-order valence-corrected chi connectivity index (χ1v) is 5.55. The van der Waals surface area contributed by atoms with Gasteiger partial charge in [-0.1, -0.05) is 45.0 Å². The predicted octanol–water partition coefficient (Wildman–Crippen LogP) is 3.64. The van der Waals surface area contributed by atoms with Gasteiger partial charge < -0.3 is 5.73 Å². The van der Waals surface area contributed by atoms with E-state index in [2.05, 4.69) is 45.0 Å². The van der Waals surface area contributed by atoms with Crippen LogP contribution in [-0.2, 0) is 12.0 Å². The Morgan fingerprint density at radius 3 is 2.07 bits per heavy atom. The number of benzene rings is 1. The third kappa shape index (κ3) is 2.96. The average Bonchev–Trinajstić information content (AvgIpc) is 2.28. The Hall–Kier alpha value is -0.530. The molecule has 0 radical (unpaired) electrons. The van der Waals surface area contributed by atoms with Gasteiger partial charge in [-0.3, -0.25) is 0 Å². The highest BCUT2D eigenvalue weighted by atomic mass is 35.5. The van der Waals surface area contributed by atoms with Crippen LogP contribution in [0.1, 0.15) is 44.7 Å². The van der Waals surface area contributed by atoms with Crippen LogP contribution >= 0.6 is 12.4 Å². The SMILES string of the molecule is CCc1ccccc1C(N)(CC)CC.Cl. The van der Waals surface area contributed by atoms with Gasteiger partial charge in [0, 0.05) is 5.54 Å². The standard InChI is InChI=1S/C13H21N.ClH/c1-4-11-9-7-8-10-12(11)13(14,5-2)6-3;/h7-10H,4-6,14H2,1-3H3;1H.